The maximum atomic E-state index is 13.1. The Hall–Kier alpha value is -2.45. The van der Waals surface area contributed by atoms with Gasteiger partial charge in [0.15, 0.2) is 15.0 Å². The molecule has 1 aliphatic heterocycles. The third-order valence-corrected chi connectivity index (χ3v) is 8.63. The second-order valence-corrected chi connectivity index (χ2v) is 10.4. The van der Waals surface area contributed by atoms with E-state index in [1.165, 1.54) is 24.3 Å². The number of halogens is 1. The molecule has 0 amide bonds. The molecule has 0 aliphatic carbocycles. The first-order valence-corrected chi connectivity index (χ1v) is 12.2. The lowest BCUT2D eigenvalue weighted by Gasteiger charge is -2.31. The fourth-order valence-electron chi connectivity index (χ4n) is 3.74. The van der Waals surface area contributed by atoms with Crippen LogP contribution in [0.15, 0.2) is 58.8 Å². The lowest BCUT2D eigenvalue weighted by molar-refractivity contribution is 0.410. The Morgan fingerprint density at radius 1 is 1.13 bits per heavy atom. The number of anilines is 1. The second kappa shape index (κ2) is 8.73. The van der Waals surface area contributed by atoms with Crippen LogP contribution in [-0.2, 0) is 16.3 Å². The summed E-state index contributed by atoms with van der Waals surface area (Å²) >= 11 is 1.58. The summed E-state index contributed by atoms with van der Waals surface area (Å²) in [6, 6.07) is 13.0. The summed E-state index contributed by atoms with van der Waals surface area (Å²) in [7, 11) is -1.79. The normalized spacial score (nSPS) is 15.3. The summed E-state index contributed by atoms with van der Waals surface area (Å²) in [6.07, 6.45) is 1.75. The third kappa shape index (κ3) is 4.34. The molecule has 0 radical (unpaired) electrons. The van der Waals surface area contributed by atoms with E-state index in [1.54, 1.807) is 18.4 Å². The predicted molar refractivity (Wildman–Crippen MR) is 117 cm³/mol. The van der Waals surface area contributed by atoms with Crippen molar-refractivity contribution < 1.29 is 17.5 Å². The highest BCUT2D eigenvalue weighted by molar-refractivity contribution is 7.92. The van der Waals surface area contributed by atoms with Crippen molar-refractivity contribution in [2.75, 3.05) is 25.1 Å². The van der Waals surface area contributed by atoms with Gasteiger partial charge in [-0.05, 0) is 43.2 Å². The molecule has 158 valence electrons. The molecule has 0 atom stereocenters. The van der Waals surface area contributed by atoms with Crippen LogP contribution >= 0.6 is 11.3 Å². The number of aromatic nitrogens is 1. The first kappa shape index (κ1) is 20.8. The van der Waals surface area contributed by atoms with Gasteiger partial charge in [0.05, 0.1) is 22.9 Å². The van der Waals surface area contributed by atoms with E-state index in [-0.39, 0.29) is 4.90 Å². The first-order chi connectivity index (χ1) is 14.5. The molecule has 1 fully saturated rings. The lowest BCUT2D eigenvalue weighted by atomic mass is 10.1. The zero-order valence-corrected chi connectivity index (χ0v) is 18.3. The van der Waals surface area contributed by atoms with Crippen LogP contribution in [0.3, 0.4) is 0 Å². The molecule has 0 unspecified atom stereocenters. The van der Waals surface area contributed by atoms with Gasteiger partial charge in [0.1, 0.15) is 11.6 Å². The third-order valence-electron chi connectivity index (χ3n) is 5.40. The van der Waals surface area contributed by atoms with Gasteiger partial charge < -0.3 is 9.64 Å². The number of benzene rings is 2. The SMILES string of the molecule is COc1ccccc1Cc1csc(N2CCC(S(=O)(=O)c3ccc(F)cc3)CC2)n1. The smallest absolute Gasteiger partial charge is 0.185 e. The second-order valence-electron chi connectivity index (χ2n) is 7.30. The summed E-state index contributed by atoms with van der Waals surface area (Å²) in [5.74, 6) is 0.412. The van der Waals surface area contributed by atoms with Crippen LogP contribution in [0, 0.1) is 5.82 Å². The zero-order valence-electron chi connectivity index (χ0n) is 16.6. The van der Waals surface area contributed by atoms with Crippen molar-refractivity contribution in [1.82, 2.24) is 4.98 Å². The van der Waals surface area contributed by atoms with Gasteiger partial charge in [-0.2, -0.15) is 0 Å². The largest absolute Gasteiger partial charge is 0.496 e. The van der Waals surface area contributed by atoms with Crippen LogP contribution in [0.1, 0.15) is 24.1 Å². The summed E-state index contributed by atoms with van der Waals surface area (Å²) < 4.78 is 44.2. The molecule has 0 N–H and O–H groups in total. The van der Waals surface area contributed by atoms with Crippen LogP contribution in [0.5, 0.6) is 5.75 Å². The monoisotopic (exact) mass is 446 g/mol. The highest BCUT2D eigenvalue weighted by Gasteiger charge is 2.32. The Morgan fingerprint density at radius 3 is 2.53 bits per heavy atom. The quantitative estimate of drug-likeness (QED) is 0.528. The number of nitrogens with zero attached hydrogens (tertiary/aromatic N) is 2. The maximum Gasteiger partial charge on any atom is 0.185 e. The number of rotatable bonds is 6. The fourth-order valence-corrected chi connectivity index (χ4v) is 6.35. The number of ether oxygens (including phenoxy) is 1. The zero-order chi connectivity index (χ0) is 21.1. The van der Waals surface area contributed by atoms with E-state index in [4.69, 9.17) is 9.72 Å². The number of methoxy groups -OCH3 is 1. The molecule has 2 heterocycles. The number of hydrogen-bond acceptors (Lipinski definition) is 6. The Labute approximate surface area is 180 Å². The number of thiazole rings is 1. The van der Waals surface area contributed by atoms with Crippen LogP contribution < -0.4 is 9.64 Å². The number of piperidine rings is 1. The average Bonchev–Trinajstić information content (AvgIpc) is 3.23. The molecule has 3 aromatic rings. The first-order valence-electron chi connectivity index (χ1n) is 9.78. The Balaban J connectivity index is 1.40. The molecule has 8 heteroatoms. The van der Waals surface area contributed by atoms with Gasteiger partial charge in [0.2, 0.25) is 0 Å². The molecule has 1 aliphatic rings. The van der Waals surface area contributed by atoms with Gasteiger partial charge in [-0.25, -0.2) is 17.8 Å². The van der Waals surface area contributed by atoms with Crippen molar-refractivity contribution in [1.29, 1.82) is 0 Å². The molecule has 1 aromatic heterocycles. The standard InChI is InChI=1S/C22H23FN2O3S2/c1-28-21-5-3-2-4-16(21)14-18-15-29-22(24-18)25-12-10-20(11-13-25)30(26,27)19-8-6-17(23)7-9-19/h2-9,15,20H,10-14H2,1H3. The minimum Gasteiger partial charge on any atom is -0.496 e. The Bertz CT molecular complexity index is 1110. The van der Waals surface area contributed by atoms with Crippen molar-refractivity contribution in [2.24, 2.45) is 0 Å². The molecule has 0 saturated carbocycles. The van der Waals surface area contributed by atoms with E-state index in [9.17, 15) is 12.8 Å². The minimum atomic E-state index is -3.45. The molecule has 1 saturated heterocycles. The van der Waals surface area contributed by atoms with Gasteiger partial charge in [-0.3, -0.25) is 0 Å². The van der Waals surface area contributed by atoms with Gasteiger partial charge in [-0.15, -0.1) is 11.3 Å². The van der Waals surface area contributed by atoms with Gasteiger partial charge in [0, 0.05) is 30.5 Å². The van der Waals surface area contributed by atoms with E-state index >= 15 is 0 Å². The molecule has 0 spiro atoms. The van der Waals surface area contributed by atoms with E-state index in [0.717, 1.165) is 22.1 Å². The van der Waals surface area contributed by atoms with Gasteiger partial charge in [0.25, 0.3) is 0 Å². The minimum absolute atomic E-state index is 0.190. The summed E-state index contributed by atoms with van der Waals surface area (Å²) in [4.78, 5) is 7.09. The van der Waals surface area contributed by atoms with Crippen LogP contribution in [0.4, 0.5) is 9.52 Å². The van der Waals surface area contributed by atoms with Crippen molar-refractivity contribution in [3.8, 4) is 5.75 Å². The predicted octanol–water partition coefficient (Wildman–Crippen LogP) is 4.32. The average molecular weight is 447 g/mol. The van der Waals surface area contributed by atoms with Crippen molar-refractivity contribution >= 4 is 26.3 Å². The van der Waals surface area contributed by atoms with Crippen LogP contribution in [-0.4, -0.2) is 38.9 Å². The molecule has 2 aromatic carbocycles. The maximum absolute atomic E-state index is 13.1. The van der Waals surface area contributed by atoms with Gasteiger partial charge >= 0.3 is 0 Å². The van der Waals surface area contributed by atoms with Crippen molar-refractivity contribution in [3.63, 3.8) is 0 Å². The van der Waals surface area contributed by atoms with E-state index in [2.05, 4.69) is 4.90 Å². The number of hydrogen-bond donors (Lipinski definition) is 0. The fraction of sp³-hybridized carbons (Fsp3) is 0.318. The molecule has 0 bridgehead atoms. The highest BCUT2D eigenvalue weighted by Crippen LogP contribution is 2.30. The summed E-state index contributed by atoms with van der Waals surface area (Å²) in [5, 5.41) is 2.51. The Kier molecular flexibility index (Phi) is 6.06. The van der Waals surface area contributed by atoms with Crippen LogP contribution in [0.25, 0.3) is 0 Å². The van der Waals surface area contributed by atoms with Crippen molar-refractivity contribution in [3.05, 3.63) is 71.0 Å². The topological polar surface area (TPSA) is 59.5 Å². The lowest BCUT2D eigenvalue weighted by Crippen LogP contribution is -2.39. The molecule has 5 nitrogen and oxygen atoms in total. The number of para-hydroxylation sites is 1. The molecule has 30 heavy (non-hydrogen) atoms. The molecular formula is C22H23FN2O3S2. The van der Waals surface area contributed by atoms with E-state index in [1.807, 2.05) is 29.6 Å². The Morgan fingerprint density at radius 2 is 1.83 bits per heavy atom. The molecular weight excluding hydrogens is 423 g/mol. The highest BCUT2D eigenvalue weighted by atomic mass is 32.2. The summed E-state index contributed by atoms with van der Waals surface area (Å²) in [5.41, 5.74) is 2.06. The molecule has 4 rings (SSSR count). The van der Waals surface area contributed by atoms with Crippen molar-refractivity contribution in [2.45, 2.75) is 29.4 Å². The van der Waals surface area contributed by atoms with E-state index in [0.29, 0.717) is 32.4 Å². The van der Waals surface area contributed by atoms with E-state index < -0.39 is 20.9 Å². The summed E-state index contributed by atoms with van der Waals surface area (Å²) in [6.45, 7) is 1.26. The number of sulfone groups is 1. The van der Waals surface area contributed by atoms with Crippen LogP contribution in [0.2, 0.25) is 0 Å². The van der Waals surface area contributed by atoms with Gasteiger partial charge in [-0.1, -0.05) is 18.2 Å².